The first-order chi connectivity index (χ1) is 8.86. The fraction of sp³-hybridized carbons (Fsp3) is 0.533. The van der Waals surface area contributed by atoms with Gasteiger partial charge >= 0.3 is 0 Å². The molecule has 1 amide bonds. The third-order valence-electron chi connectivity index (χ3n) is 3.12. The lowest BCUT2D eigenvalue weighted by atomic mass is 10.1. The van der Waals surface area contributed by atoms with Gasteiger partial charge in [0.25, 0.3) is 5.91 Å². The van der Waals surface area contributed by atoms with Crippen LogP contribution in [0.25, 0.3) is 0 Å². The molecule has 106 valence electrons. The van der Waals surface area contributed by atoms with Gasteiger partial charge in [-0.3, -0.25) is 4.79 Å². The van der Waals surface area contributed by atoms with E-state index in [-0.39, 0.29) is 11.9 Å². The number of carbonyl (C=O) groups is 1. The van der Waals surface area contributed by atoms with Gasteiger partial charge in [-0.1, -0.05) is 11.6 Å². The van der Waals surface area contributed by atoms with Crippen LogP contribution in [0.4, 0.5) is 0 Å². The predicted octanol–water partition coefficient (Wildman–Crippen LogP) is 3.17. The lowest BCUT2D eigenvalue weighted by Crippen LogP contribution is -2.43. The van der Waals surface area contributed by atoms with E-state index in [1.54, 1.807) is 0 Å². The van der Waals surface area contributed by atoms with Crippen molar-refractivity contribution in [2.75, 3.05) is 27.2 Å². The van der Waals surface area contributed by atoms with Crippen LogP contribution in [0.15, 0.2) is 22.7 Å². The minimum atomic E-state index is 0.0902. The Morgan fingerprint density at radius 2 is 2.00 bits per heavy atom. The van der Waals surface area contributed by atoms with Crippen molar-refractivity contribution in [1.82, 2.24) is 9.80 Å². The summed E-state index contributed by atoms with van der Waals surface area (Å²) in [5.41, 5.74) is 1.84. The molecule has 0 radical (unpaired) electrons. The Balaban J connectivity index is 2.98. The van der Waals surface area contributed by atoms with Gasteiger partial charge in [-0.05, 0) is 62.9 Å². The average molecular weight is 327 g/mol. The zero-order valence-electron chi connectivity index (χ0n) is 12.4. The van der Waals surface area contributed by atoms with Crippen LogP contribution in [0.3, 0.4) is 0 Å². The molecule has 1 unspecified atom stereocenters. The van der Waals surface area contributed by atoms with Crippen molar-refractivity contribution in [2.24, 2.45) is 0 Å². The molecule has 1 rings (SSSR count). The van der Waals surface area contributed by atoms with Crippen LogP contribution in [0.5, 0.6) is 0 Å². The first-order valence-corrected chi connectivity index (χ1v) is 7.38. The van der Waals surface area contributed by atoms with Crippen molar-refractivity contribution in [3.8, 4) is 0 Å². The van der Waals surface area contributed by atoms with Crippen LogP contribution >= 0.6 is 15.9 Å². The molecule has 0 aliphatic rings. The molecular weight excluding hydrogens is 304 g/mol. The molecule has 0 saturated carbocycles. The van der Waals surface area contributed by atoms with Crippen molar-refractivity contribution >= 4 is 21.8 Å². The van der Waals surface area contributed by atoms with Crippen molar-refractivity contribution in [3.05, 3.63) is 33.8 Å². The van der Waals surface area contributed by atoms with Crippen LogP contribution in [-0.2, 0) is 0 Å². The average Bonchev–Trinajstić information content (AvgIpc) is 2.32. The molecule has 3 nitrogen and oxygen atoms in total. The molecule has 0 aliphatic heterocycles. The number of halogens is 1. The lowest BCUT2D eigenvalue weighted by molar-refractivity contribution is 0.0678. The van der Waals surface area contributed by atoms with Gasteiger partial charge in [0.15, 0.2) is 0 Å². The van der Waals surface area contributed by atoms with Crippen LogP contribution in [-0.4, -0.2) is 48.9 Å². The maximum atomic E-state index is 12.6. The van der Waals surface area contributed by atoms with E-state index in [1.807, 2.05) is 51.0 Å². The van der Waals surface area contributed by atoms with Crippen LogP contribution < -0.4 is 0 Å². The molecule has 1 atom stereocenters. The first kappa shape index (κ1) is 16.2. The minimum absolute atomic E-state index is 0.0902. The normalized spacial score (nSPS) is 12.6. The highest BCUT2D eigenvalue weighted by atomic mass is 79.9. The van der Waals surface area contributed by atoms with Gasteiger partial charge in [-0.2, -0.15) is 0 Å². The summed E-state index contributed by atoms with van der Waals surface area (Å²) in [4.78, 5) is 16.7. The number of nitrogens with zero attached hydrogens (tertiary/aromatic N) is 2. The highest BCUT2D eigenvalue weighted by Gasteiger charge is 2.22. The van der Waals surface area contributed by atoms with E-state index in [0.29, 0.717) is 6.54 Å². The fourth-order valence-electron chi connectivity index (χ4n) is 2.24. The Bertz CT molecular complexity index is 446. The Labute approximate surface area is 124 Å². The summed E-state index contributed by atoms with van der Waals surface area (Å²) in [7, 11) is 4.05. The predicted molar refractivity (Wildman–Crippen MR) is 83.6 cm³/mol. The van der Waals surface area contributed by atoms with E-state index in [0.717, 1.165) is 22.1 Å². The fourth-order valence-corrected chi connectivity index (χ4v) is 2.66. The second kappa shape index (κ2) is 7.06. The van der Waals surface area contributed by atoms with E-state index in [9.17, 15) is 4.79 Å². The number of rotatable bonds is 5. The summed E-state index contributed by atoms with van der Waals surface area (Å²) in [5, 5.41) is 0. The first-order valence-electron chi connectivity index (χ1n) is 6.58. The number of aryl methyl sites for hydroxylation is 1. The topological polar surface area (TPSA) is 23.6 Å². The molecule has 0 bridgehead atoms. The molecule has 1 aromatic rings. The van der Waals surface area contributed by atoms with E-state index in [4.69, 9.17) is 0 Å². The van der Waals surface area contributed by atoms with Crippen molar-refractivity contribution in [3.63, 3.8) is 0 Å². The molecular formula is C15H23BrN2O. The lowest BCUT2D eigenvalue weighted by Gasteiger charge is -2.30. The van der Waals surface area contributed by atoms with Crippen molar-refractivity contribution in [2.45, 2.75) is 26.8 Å². The maximum absolute atomic E-state index is 12.6. The van der Waals surface area contributed by atoms with Gasteiger partial charge in [0.2, 0.25) is 0 Å². The largest absolute Gasteiger partial charge is 0.335 e. The van der Waals surface area contributed by atoms with Gasteiger partial charge in [-0.25, -0.2) is 0 Å². The Kier molecular flexibility index (Phi) is 6.01. The molecule has 0 heterocycles. The second-order valence-electron chi connectivity index (χ2n) is 5.19. The van der Waals surface area contributed by atoms with Crippen LogP contribution in [0.2, 0.25) is 0 Å². The van der Waals surface area contributed by atoms with E-state index in [2.05, 4.69) is 27.8 Å². The van der Waals surface area contributed by atoms with E-state index in [1.165, 1.54) is 0 Å². The third-order valence-corrected chi connectivity index (χ3v) is 3.81. The van der Waals surface area contributed by atoms with Gasteiger partial charge in [0.05, 0.1) is 5.56 Å². The molecule has 1 aromatic carbocycles. The number of carbonyl (C=O) groups excluding carboxylic acids is 1. The Morgan fingerprint density at radius 1 is 1.37 bits per heavy atom. The number of likely N-dealkylation sites (N-methyl/N-ethyl adjacent to an activating group) is 2. The van der Waals surface area contributed by atoms with Crippen LogP contribution in [0, 0.1) is 6.92 Å². The maximum Gasteiger partial charge on any atom is 0.255 e. The van der Waals surface area contributed by atoms with Gasteiger partial charge in [0.1, 0.15) is 0 Å². The SMILES string of the molecule is CCN(C(=O)c1cc(C)ccc1Br)C(C)CN(C)C. The summed E-state index contributed by atoms with van der Waals surface area (Å²) in [6.07, 6.45) is 0. The quantitative estimate of drug-likeness (QED) is 0.829. The second-order valence-corrected chi connectivity index (χ2v) is 6.04. The number of benzene rings is 1. The van der Waals surface area contributed by atoms with Gasteiger partial charge in [-0.15, -0.1) is 0 Å². The monoisotopic (exact) mass is 326 g/mol. The Hall–Kier alpha value is -0.870. The molecule has 19 heavy (non-hydrogen) atoms. The summed E-state index contributed by atoms with van der Waals surface area (Å²) >= 11 is 3.47. The van der Waals surface area contributed by atoms with E-state index >= 15 is 0 Å². The van der Waals surface area contributed by atoms with Crippen molar-refractivity contribution < 1.29 is 4.79 Å². The highest BCUT2D eigenvalue weighted by Crippen LogP contribution is 2.21. The standard InChI is InChI=1S/C15H23BrN2O/c1-6-18(12(3)10-17(4)5)15(19)13-9-11(2)7-8-14(13)16/h7-9,12H,6,10H2,1-5H3. The molecule has 4 heteroatoms. The summed E-state index contributed by atoms with van der Waals surface area (Å²) < 4.78 is 0.860. The van der Waals surface area contributed by atoms with Gasteiger partial charge < -0.3 is 9.80 Å². The number of hydrogen-bond donors (Lipinski definition) is 0. The van der Waals surface area contributed by atoms with E-state index < -0.39 is 0 Å². The minimum Gasteiger partial charge on any atom is -0.335 e. The van der Waals surface area contributed by atoms with Crippen molar-refractivity contribution in [1.29, 1.82) is 0 Å². The molecule has 0 aliphatic carbocycles. The molecule has 0 fully saturated rings. The third kappa shape index (κ3) is 4.32. The Morgan fingerprint density at radius 3 is 2.53 bits per heavy atom. The number of hydrogen-bond acceptors (Lipinski definition) is 2. The summed E-state index contributed by atoms with van der Waals surface area (Å²) in [6.45, 7) is 7.69. The summed E-state index contributed by atoms with van der Waals surface area (Å²) in [5.74, 6) is 0.0902. The summed E-state index contributed by atoms with van der Waals surface area (Å²) in [6, 6.07) is 6.07. The van der Waals surface area contributed by atoms with Crippen LogP contribution in [0.1, 0.15) is 29.8 Å². The molecule has 0 saturated heterocycles. The molecule has 0 spiro atoms. The smallest absolute Gasteiger partial charge is 0.255 e. The molecule has 0 aromatic heterocycles. The zero-order chi connectivity index (χ0) is 14.6. The molecule has 0 N–H and O–H groups in total. The van der Waals surface area contributed by atoms with Gasteiger partial charge in [0, 0.05) is 23.6 Å². The number of amides is 1. The zero-order valence-corrected chi connectivity index (χ0v) is 14.0. The highest BCUT2D eigenvalue weighted by molar-refractivity contribution is 9.10.